The summed E-state index contributed by atoms with van der Waals surface area (Å²) in [4.78, 5) is 0. The second-order valence-corrected chi connectivity index (χ2v) is 6.98. The zero-order chi connectivity index (χ0) is 16.4. The lowest BCUT2D eigenvalue weighted by Gasteiger charge is -2.35. The molecule has 3 aromatic rings. The van der Waals surface area contributed by atoms with E-state index in [1.165, 1.54) is 29.5 Å². The van der Waals surface area contributed by atoms with E-state index in [2.05, 4.69) is 91.9 Å². The minimum absolute atomic E-state index is 0.543. The highest BCUT2D eigenvalue weighted by molar-refractivity contribution is 5.43. The molecule has 24 heavy (non-hydrogen) atoms. The van der Waals surface area contributed by atoms with Gasteiger partial charge in [-0.25, -0.2) is 0 Å². The minimum Gasteiger partial charge on any atom is -0.0622 e. The van der Waals surface area contributed by atoms with Gasteiger partial charge in [-0.15, -0.1) is 0 Å². The monoisotopic (exact) mass is 312 g/mol. The minimum atomic E-state index is 0.543. The lowest BCUT2D eigenvalue weighted by molar-refractivity contribution is 0.464. The molecule has 0 fully saturated rings. The summed E-state index contributed by atoms with van der Waals surface area (Å²) in [6.45, 7) is 2.39. The molecular formula is C24H24. The molecule has 0 unspecified atom stereocenters. The van der Waals surface area contributed by atoms with Gasteiger partial charge in [0, 0.05) is 5.92 Å². The van der Waals surface area contributed by atoms with Gasteiger partial charge in [-0.05, 0) is 46.9 Å². The predicted octanol–water partition coefficient (Wildman–Crippen LogP) is 6.50. The molecule has 0 spiro atoms. The lowest BCUT2D eigenvalue weighted by atomic mass is 9.69. The van der Waals surface area contributed by atoms with E-state index in [0.29, 0.717) is 17.8 Å². The summed E-state index contributed by atoms with van der Waals surface area (Å²) >= 11 is 0. The molecule has 120 valence electrons. The van der Waals surface area contributed by atoms with Crippen molar-refractivity contribution >= 4 is 0 Å². The van der Waals surface area contributed by atoms with Gasteiger partial charge in [0.1, 0.15) is 0 Å². The first-order valence-corrected chi connectivity index (χ1v) is 9.03. The number of hydrogen-bond donors (Lipinski definition) is 0. The van der Waals surface area contributed by atoms with Crippen LogP contribution in [0.4, 0.5) is 0 Å². The van der Waals surface area contributed by atoms with Crippen LogP contribution in [0, 0.1) is 0 Å². The molecule has 0 saturated carbocycles. The highest BCUT2D eigenvalue weighted by atomic mass is 14.3. The van der Waals surface area contributed by atoms with Crippen molar-refractivity contribution in [3.63, 3.8) is 0 Å². The summed E-state index contributed by atoms with van der Waals surface area (Å²) in [6, 6.07) is 31.1. The van der Waals surface area contributed by atoms with Crippen LogP contribution in [0.1, 0.15) is 59.8 Å². The molecular weight excluding hydrogens is 288 g/mol. The number of fused-ring (bicyclic) bond motifs is 1. The Hall–Kier alpha value is -2.34. The first-order chi connectivity index (χ1) is 11.8. The van der Waals surface area contributed by atoms with Crippen LogP contribution < -0.4 is 0 Å². The molecule has 0 N–H and O–H groups in total. The number of rotatable bonds is 3. The van der Waals surface area contributed by atoms with E-state index in [9.17, 15) is 0 Å². The third kappa shape index (κ3) is 2.78. The van der Waals surface area contributed by atoms with Gasteiger partial charge in [0.25, 0.3) is 0 Å². The fraction of sp³-hybridized carbons (Fsp3) is 0.250. The van der Waals surface area contributed by atoms with Gasteiger partial charge in [0.2, 0.25) is 0 Å². The van der Waals surface area contributed by atoms with Crippen LogP contribution in [0.5, 0.6) is 0 Å². The summed E-state index contributed by atoms with van der Waals surface area (Å²) < 4.78 is 0. The summed E-state index contributed by atoms with van der Waals surface area (Å²) in [7, 11) is 0. The molecule has 0 heterocycles. The largest absolute Gasteiger partial charge is 0.0622 e. The maximum absolute atomic E-state index is 2.39. The topological polar surface area (TPSA) is 0 Å². The molecule has 0 saturated heterocycles. The second kappa shape index (κ2) is 6.65. The average molecular weight is 312 g/mol. The SMILES string of the molecule is C[C@@H](c1ccccc1)[C@H]1CC[C@H](c2ccccc2)c2ccccc21. The zero-order valence-electron chi connectivity index (χ0n) is 14.2. The van der Waals surface area contributed by atoms with Gasteiger partial charge in [0.05, 0.1) is 0 Å². The van der Waals surface area contributed by atoms with Gasteiger partial charge < -0.3 is 0 Å². The van der Waals surface area contributed by atoms with Crippen molar-refractivity contribution < 1.29 is 0 Å². The molecule has 0 bridgehead atoms. The maximum Gasteiger partial charge on any atom is 0.00924 e. The van der Waals surface area contributed by atoms with Gasteiger partial charge in [-0.3, -0.25) is 0 Å². The van der Waals surface area contributed by atoms with Gasteiger partial charge in [0.15, 0.2) is 0 Å². The van der Waals surface area contributed by atoms with E-state index in [-0.39, 0.29) is 0 Å². The fourth-order valence-corrected chi connectivity index (χ4v) is 4.36. The molecule has 3 atom stereocenters. The standard InChI is InChI=1S/C24H24/c1-18(19-10-4-2-5-11-19)21-16-17-22(20-12-6-3-7-13-20)24-15-9-8-14-23(21)24/h2-15,18,21-22H,16-17H2,1H3/t18-,21+,22+/m0/s1. The normalized spacial score (nSPS) is 21.0. The summed E-state index contributed by atoms with van der Waals surface area (Å²) in [5, 5.41) is 0. The van der Waals surface area contributed by atoms with Crippen molar-refractivity contribution in [3.8, 4) is 0 Å². The average Bonchev–Trinajstić information content (AvgIpc) is 2.68. The maximum atomic E-state index is 2.39. The van der Waals surface area contributed by atoms with Gasteiger partial charge >= 0.3 is 0 Å². The molecule has 1 aliphatic carbocycles. The van der Waals surface area contributed by atoms with Crippen LogP contribution in [0.3, 0.4) is 0 Å². The third-order valence-corrected chi connectivity index (χ3v) is 5.67. The Labute approximate surface area is 145 Å². The Morgan fingerprint density at radius 3 is 1.96 bits per heavy atom. The second-order valence-electron chi connectivity index (χ2n) is 6.98. The Morgan fingerprint density at radius 2 is 1.25 bits per heavy atom. The van der Waals surface area contributed by atoms with Crippen molar-refractivity contribution in [2.75, 3.05) is 0 Å². The first-order valence-electron chi connectivity index (χ1n) is 9.03. The molecule has 3 aromatic carbocycles. The highest BCUT2D eigenvalue weighted by Gasteiger charge is 2.31. The zero-order valence-corrected chi connectivity index (χ0v) is 14.2. The molecule has 4 rings (SSSR count). The first kappa shape index (κ1) is 15.2. The van der Waals surface area contributed by atoms with Crippen molar-refractivity contribution in [2.24, 2.45) is 0 Å². The summed E-state index contributed by atoms with van der Waals surface area (Å²) in [5.41, 5.74) is 5.99. The van der Waals surface area contributed by atoms with Crippen LogP contribution in [-0.4, -0.2) is 0 Å². The molecule has 0 nitrogen and oxygen atoms in total. The molecule has 1 aliphatic rings. The number of hydrogen-bond acceptors (Lipinski definition) is 0. The van der Waals surface area contributed by atoms with E-state index in [4.69, 9.17) is 0 Å². The fourth-order valence-electron chi connectivity index (χ4n) is 4.36. The Kier molecular flexibility index (Phi) is 4.21. The van der Waals surface area contributed by atoms with Crippen LogP contribution >= 0.6 is 0 Å². The van der Waals surface area contributed by atoms with E-state index >= 15 is 0 Å². The highest BCUT2D eigenvalue weighted by Crippen LogP contribution is 2.47. The number of benzene rings is 3. The molecule has 0 radical (unpaired) electrons. The molecule has 0 aliphatic heterocycles. The van der Waals surface area contributed by atoms with Crippen molar-refractivity contribution in [2.45, 2.75) is 37.5 Å². The van der Waals surface area contributed by atoms with Gasteiger partial charge in [-0.1, -0.05) is 91.9 Å². The Bertz CT molecular complexity index is 789. The molecule has 0 aromatic heterocycles. The summed E-state index contributed by atoms with van der Waals surface area (Å²) in [6.07, 6.45) is 2.50. The quantitative estimate of drug-likeness (QED) is 0.518. The van der Waals surface area contributed by atoms with E-state index in [0.717, 1.165) is 0 Å². The van der Waals surface area contributed by atoms with Gasteiger partial charge in [-0.2, -0.15) is 0 Å². The summed E-state index contributed by atoms with van der Waals surface area (Å²) in [5.74, 6) is 1.72. The smallest absolute Gasteiger partial charge is 0.00924 e. The van der Waals surface area contributed by atoms with Crippen molar-refractivity contribution in [1.29, 1.82) is 0 Å². The lowest BCUT2D eigenvalue weighted by Crippen LogP contribution is -2.19. The predicted molar refractivity (Wildman–Crippen MR) is 102 cm³/mol. The molecule has 0 heteroatoms. The van der Waals surface area contributed by atoms with E-state index < -0.39 is 0 Å². The van der Waals surface area contributed by atoms with Crippen molar-refractivity contribution in [1.82, 2.24) is 0 Å². The van der Waals surface area contributed by atoms with Crippen LogP contribution in [0.25, 0.3) is 0 Å². The Balaban J connectivity index is 1.72. The Morgan fingerprint density at radius 1 is 0.667 bits per heavy atom. The van der Waals surface area contributed by atoms with E-state index in [1.807, 2.05) is 0 Å². The molecule has 0 amide bonds. The van der Waals surface area contributed by atoms with Crippen LogP contribution in [0.15, 0.2) is 84.9 Å². The van der Waals surface area contributed by atoms with Crippen LogP contribution in [-0.2, 0) is 0 Å². The van der Waals surface area contributed by atoms with E-state index in [1.54, 1.807) is 5.56 Å². The van der Waals surface area contributed by atoms with Crippen LogP contribution in [0.2, 0.25) is 0 Å². The third-order valence-electron chi connectivity index (χ3n) is 5.67. The van der Waals surface area contributed by atoms with Crippen molar-refractivity contribution in [3.05, 3.63) is 107 Å².